The van der Waals surface area contributed by atoms with Crippen LogP contribution in [-0.4, -0.2) is 30.0 Å². The molecule has 1 N–H and O–H groups in total. The predicted octanol–water partition coefficient (Wildman–Crippen LogP) is 2.41. The fraction of sp³-hybridized carbons (Fsp3) is 0.438. The summed E-state index contributed by atoms with van der Waals surface area (Å²) >= 11 is 0. The van der Waals surface area contributed by atoms with Crippen LogP contribution in [0.15, 0.2) is 22.7 Å². The van der Waals surface area contributed by atoms with Crippen molar-refractivity contribution in [2.24, 2.45) is 0 Å². The first kappa shape index (κ1) is 15.9. The lowest BCUT2D eigenvalue weighted by atomic mass is 10.1. The van der Waals surface area contributed by atoms with Crippen LogP contribution in [0.4, 0.5) is 14.5 Å². The second-order valence-electron chi connectivity index (χ2n) is 5.43. The van der Waals surface area contributed by atoms with Gasteiger partial charge in [0.2, 0.25) is 0 Å². The summed E-state index contributed by atoms with van der Waals surface area (Å²) in [7, 11) is 0. The number of hydrogen-bond donors (Lipinski definition) is 1. The molecule has 2 heterocycles. The lowest BCUT2D eigenvalue weighted by Crippen LogP contribution is -2.26. The molecule has 0 amide bonds. The fourth-order valence-corrected chi connectivity index (χ4v) is 2.63. The van der Waals surface area contributed by atoms with E-state index in [4.69, 9.17) is 14.4 Å². The summed E-state index contributed by atoms with van der Waals surface area (Å²) in [5, 5.41) is 13.1. The van der Waals surface area contributed by atoms with E-state index >= 15 is 0 Å². The van der Waals surface area contributed by atoms with E-state index in [0.717, 1.165) is 29.2 Å². The molecule has 3 rings (SSSR count). The van der Waals surface area contributed by atoms with Gasteiger partial charge in [-0.15, -0.1) is 0 Å². The molecule has 0 spiro atoms. The Hall–Kier alpha value is -1.99. The Morgan fingerprint density at radius 1 is 1.26 bits per heavy atom. The third-order valence-corrected chi connectivity index (χ3v) is 3.87. The van der Waals surface area contributed by atoms with Crippen molar-refractivity contribution in [3.05, 3.63) is 46.9 Å². The van der Waals surface area contributed by atoms with Crippen molar-refractivity contribution in [3.8, 4) is 0 Å². The van der Waals surface area contributed by atoms with Gasteiger partial charge >= 0.3 is 0 Å². The summed E-state index contributed by atoms with van der Waals surface area (Å²) in [5.74, 6) is -0.969. The Labute approximate surface area is 132 Å². The Morgan fingerprint density at radius 3 is 2.91 bits per heavy atom. The van der Waals surface area contributed by atoms with E-state index < -0.39 is 11.6 Å². The monoisotopic (exact) mass is 324 g/mol. The molecule has 1 aromatic heterocycles. The quantitative estimate of drug-likeness (QED) is 0.884. The van der Waals surface area contributed by atoms with Gasteiger partial charge in [0.1, 0.15) is 11.5 Å². The van der Waals surface area contributed by atoms with Gasteiger partial charge in [0, 0.05) is 36.9 Å². The second kappa shape index (κ2) is 7.06. The molecule has 23 heavy (non-hydrogen) atoms. The van der Waals surface area contributed by atoms with Gasteiger partial charge in [0.05, 0.1) is 19.8 Å². The van der Waals surface area contributed by atoms with Crippen molar-refractivity contribution in [1.29, 1.82) is 0 Å². The zero-order valence-electron chi connectivity index (χ0n) is 12.6. The second-order valence-corrected chi connectivity index (χ2v) is 5.43. The lowest BCUT2D eigenvalue weighted by molar-refractivity contribution is 0.102. The molecule has 0 bridgehead atoms. The Balaban J connectivity index is 1.84. The Bertz CT molecular complexity index is 675. The summed E-state index contributed by atoms with van der Waals surface area (Å²) in [6.07, 6.45) is 1.19. The number of halogens is 2. The van der Waals surface area contributed by atoms with Gasteiger partial charge in [-0.2, -0.15) is 0 Å². The third kappa shape index (κ3) is 3.51. The maximum atomic E-state index is 13.5. The van der Waals surface area contributed by atoms with E-state index in [9.17, 15) is 8.78 Å². The Kier molecular flexibility index (Phi) is 4.88. The van der Waals surface area contributed by atoms with E-state index in [0.29, 0.717) is 44.8 Å². The van der Waals surface area contributed by atoms with Gasteiger partial charge in [0.15, 0.2) is 11.6 Å². The number of fused-ring (bicyclic) bond motifs is 1. The number of aromatic nitrogens is 1. The molecule has 5 nitrogen and oxygen atoms in total. The summed E-state index contributed by atoms with van der Waals surface area (Å²) in [6.45, 7) is 1.94. The standard InChI is InChI=1S/C16H18F2N2O3/c17-13-3-2-11(8-14(13)18)20(5-1-6-21)9-15-12-10-22-7-4-16(12)23-19-15/h2-3,8,21H,1,4-7,9-10H2. The van der Waals surface area contributed by atoms with Crippen LogP contribution in [0.25, 0.3) is 0 Å². The maximum Gasteiger partial charge on any atom is 0.160 e. The molecule has 1 aliphatic heterocycles. The highest BCUT2D eigenvalue weighted by atomic mass is 19.2. The van der Waals surface area contributed by atoms with Crippen molar-refractivity contribution >= 4 is 5.69 Å². The molecule has 124 valence electrons. The van der Waals surface area contributed by atoms with E-state index in [1.165, 1.54) is 6.07 Å². The summed E-state index contributed by atoms with van der Waals surface area (Å²) in [4.78, 5) is 1.84. The molecular weight excluding hydrogens is 306 g/mol. The van der Waals surface area contributed by atoms with Crippen molar-refractivity contribution in [3.63, 3.8) is 0 Å². The van der Waals surface area contributed by atoms with Crippen LogP contribution in [0.5, 0.6) is 0 Å². The van der Waals surface area contributed by atoms with Gasteiger partial charge < -0.3 is 19.3 Å². The average molecular weight is 324 g/mol. The lowest BCUT2D eigenvalue weighted by Gasteiger charge is -2.24. The topological polar surface area (TPSA) is 58.7 Å². The highest BCUT2D eigenvalue weighted by Crippen LogP contribution is 2.25. The summed E-state index contributed by atoms with van der Waals surface area (Å²) < 4.78 is 37.4. The minimum Gasteiger partial charge on any atom is -0.396 e. The summed E-state index contributed by atoms with van der Waals surface area (Å²) in [6, 6.07) is 3.76. The van der Waals surface area contributed by atoms with Crippen LogP contribution in [0.3, 0.4) is 0 Å². The molecule has 0 fully saturated rings. The SMILES string of the molecule is OCCCN(Cc1noc2c1COCC2)c1ccc(F)c(F)c1. The number of benzene rings is 1. The van der Waals surface area contributed by atoms with Crippen molar-refractivity contribution < 1.29 is 23.1 Å². The molecule has 0 radical (unpaired) electrons. The molecule has 1 aliphatic rings. The molecule has 0 unspecified atom stereocenters. The summed E-state index contributed by atoms with van der Waals surface area (Å²) in [5.41, 5.74) is 2.18. The fourth-order valence-electron chi connectivity index (χ4n) is 2.63. The van der Waals surface area contributed by atoms with E-state index in [2.05, 4.69) is 5.16 Å². The first-order chi connectivity index (χ1) is 11.2. The average Bonchev–Trinajstić information content (AvgIpc) is 2.97. The third-order valence-electron chi connectivity index (χ3n) is 3.87. The molecule has 0 saturated heterocycles. The van der Waals surface area contributed by atoms with Crippen LogP contribution < -0.4 is 4.90 Å². The van der Waals surface area contributed by atoms with Crippen LogP contribution in [0.2, 0.25) is 0 Å². The molecule has 7 heteroatoms. The number of aliphatic hydroxyl groups excluding tert-OH is 1. The highest BCUT2D eigenvalue weighted by molar-refractivity contribution is 5.47. The smallest absolute Gasteiger partial charge is 0.160 e. The van der Waals surface area contributed by atoms with E-state index in [1.807, 2.05) is 4.90 Å². The zero-order valence-corrected chi connectivity index (χ0v) is 12.6. The van der Waals surface area contributed by atoms with Gasteiger partial charge in [-0.25, -0.2) is 8.78 Å². The van der Waals surface area contributed by atoms with E-state index in [1.54, 1.807) is 0 Å². The Morgan fingerprint density at radius 2 is 2.13 bits per heavy atom. The number of aliphatic hydroxyl groups is 1. The van der Waals surface area contributed by atoms with Gasteiger partial charge in [0.25, 0.3) is 0 Å². The normalized spacial score (nSPS) is 13.9. The van der Waals surface area contributed by atoms with Crippen molar-refractivity contribution in [1.82, 2.24) is 5.16 Å². The van der Waals surface area contributed by atoms with Crippen molar-refractivity contribution in [2.75, 3.05) is 24.7 Å². The molecule has 0 aliphatic carbocycles. The number of nitrogens with zero attached hydrogens (tertiary/aromatic N) is 2. The largest absolute Gasteiger partial charge is 0.396 e. The van der Waals surface area contributed by atoms with Crippen LogP contribution >= 0.6 is 0 Å². The van der Waals surface area contributed by atoms with Gasteiger partial charge in [-0.3, -0.25) is 0 Å². The minimum atomic E-state index is -0.901. The van der Waals surface area contributed by atoms with E-state index in [-0.39, 0.29) is 6.61 Å². The number of ether oxygens (including phenoxy) is 1. The number of hydrogen-bond acceptors (Lipinski definition) is 5. The molecule has 0 atom stereocenters. The number of anilines is 1. The zero-order chi connectivity index (χ0) is 16.2. The predicted molar refractivity (Wildman–Crippen MR) is 79.0 cm³/mol. The molecule has 1 aromatic carbocycles. The van der Waals surface area contributed by atoms with Gasteiger partial charge in [-0.1, -0.05) is 5.16 Å². The van der Waals surface area contributed by atoms with Crippen LogP contribution in [-0.2, 0) is 24.3 Å². The molecule has 0 saturated carbocycles. The number of rotatable bonds is 6. The van der Waals surface area contributed by atoms with Crippen LogP contribution in [0, 0.1) is 11.6 Å². The first-order valence-electron chi connectivity index (χ1n) is 7.54. The molecule has 2 aromatic rings. The first-order valence-corrected chi connectivity index (χ1v) is 7.54. The van der Waals surface area contributed by atoms with Crippen LogP contribution in [0.1, 0.15) is 23.4 Å². The molecular formula is C16H18F2N2O3. The maximum absolute atomic E-state index is 13.5. The highest BCUT2D eigenvalue weighted by Gasteiger charge is 2.22. The minimum absolute atomic E-state index is 0.0141. The van der Waals surface area contributed by atoms with Gasteiger partial charge in [-0.05, 0) is 18.6 Å². The van der Waals surface area contributed by atoms with Crippen molar-refractivity contribution in [2.45, 2.75) is 26.0 Å².